The minimum absolute atomic E-state index is 0.267. The van der Waals surface area contributed by atoms with Crippen molar-refractivity contribution in [1.82, 2.24) is 0 Å². The third-order valence-corrected chi connectivity index (χ3v) is 1.95. The Morgan fingerprint density at radius 2 is 2.12 bits per heavy atom. The highest BCUT2D eigenvalue weighted by molar-refractivity contribution is 5.96. The first kappa shape index (κ1) is 11.8. The second-order valence-corrected chi connectivity index (χ2v) is 3.13. The average molecular weight is 216 g/mol. The van der Waals surface area contributed by atoms with Crippen LogP contribution in [0.2, 0.25) is 0 Å². The number of hydrogen-bond acceptors (Lipinski definition) is 3. The molecule has 1 aromatic rings. The number of hydrogen-bond donors (Lipinski definition) is 2. The molecule has 0 aromatic heterocycles. The molecule has 0 saturated heterocycles. The lowest BCUT2D eigenvalue weighted by Crippen LogP contribution is -1.98. The lowest BCUT2D eigenvalue weighted by atomic mass is 10.1. The Morgan fingerprint density at radius 3 is 2.56 bits per heavy atom. The first-order chi connectivity index (χ1) is 7.67. The highest BCUT2D eigenvalue weighted by atomic mass is 16.4. The Balaban J connectivity index is 2.90. The van der Waals surface area contributed by atoms with E-state index in [0.717, 1.165) is 12.2 Å². The van der Waals surface area contributed by atoms with Crippen LogP contribution in [0.4, 0.5) is 5.69 Å². The summed E-state index contributed by atoms with van der Waals surface area (Å²) in [6.07, 6.45) is 1.35. The monoisotopic (exact) mass is 216 g/mol. The first-order valence-electron chi connectivity index (χ1n) is 4.86. The Hall–Kier alpha value is -2.28. The standard InChI is InChI=1S/C12H12N2O2/c1-2-14-11-5-3-9(4-6-11)7-10(8-13)12(15)16/h3-7,14H,2H2,1H3,(H,15,16). The summed E-state index contributed by atoms with van der Waals surface area (Å²) in [7, 11) is 0. The van der Waals surface area contributed by atoms with Crippen molar-refractivity contribution < 1.29 is 9.90 Å². The van der Waals surface area contributed by atoms with Crippen molar-refractivity contribution in [1.29, 1.82) is 5.26 Å². The molecule has 0 bridgehead atoms. The topological polar surface area (TPSA) is 73.1 Å². The molecule has 0 aliphatic carbocycles. The number of nitriles is 1. The summed E-state index contributed by atoms with van der Waals surface area (Å²) in [5.74, 6) is -1.21. The summed E-state index contributed by atoms with van der Waals surface area (Å²) in [5, 5.41) is 20.4. The van der Waals surface area contributed by atoms with Gasteiger partial charge < -0.3 is 10.4 Å². The molecule has 0 amide bonds. The molecular formula is C12H12N2O2. The minimum atomic E-state index is -1.21. The van der Waals surface area contributed by atoms with E-state index in [1.54, 1.807) is 18.2 Å². The van der Waals surface area contributed by atoms with E-state index in [9.17, 15) is 4.79 Å². The number of rotatable bonds is 4. The molecule has 0 aliphatic rings. The van der Waals surface area contributed by atoms with Gasteiger partial charge in [0.2, 0.25) is 0 Å². The van der Waals surface area contributed by atoms with E-state index in [1.165, 1.54) is 6.08 Å². The van der Waals surface area contributed by atoms with Crippen molar-refractivity contribution in [2.24, 2.45) is 0 Å². The fourth-order valence-corrected chi connectivity index (χ4v) is 1.21. The minimum Gasteiger partial charge on any atom is -0.477 e. The fourth-order valence-electron chi connectivity index (χ4n) is 1.21. The van der Waals surface area contributed by atoms with E-state index >= 15 is 0 Å². The number of carboxylic acid groups (broad SMARTS) is 1. The Kier molecular flexibility index (Phi) is 4.10. The smallest absolute Gasteiger partial charge is 0.346 e. The largest absolute Gasteiger partial charge is 0.477 e. The Bertz CT molecular complexity index is 441. The summed E-state index contributed by atoms with van der Waals surface area (Å²) in [5.41, 5.74) is 1.39. The van der Waals surface area contributed by atoms with Gasteiger partial charge in [0, 0.05) is 12.2 Å². The van der Waals surface area contributed by atoms with Gasteiger partial charge in [-0.05, 0) is 30.7 Å². The van der Waals surface area contributed by atoms with Crippen molar-refractivity contribution in [2.75, 3.05) is 11.9 Å². The normalized spacial score (nSPS) is 10.6. The van der Waals surface area contributed by atoms with E-state index in [4.69, 9.17) is 10.4 Å². The number of carboxylic acids is 1. The van der Waals surface area contributed by atoms with Crippen LogP contribution in [0.1, 0.15) is 12.5 Å². The predicted octanol–water partition coefficient (Wildman–Crippen LogP) is 2.11. The van der Waals surface area contributed by atoms with Gasteiger partial charge in [-0.15, -0.1) is 0 Å². The molecule has 2 N–H and O–H groups in total. The van der Waals surface area contributed by atoms with Gasteiger partial charge in [-0.3, -0.25) is 0 Å². The maximum Gasteiger partial charge on any atom is 0.346 e. The third-order valence-electron chi connectivity index (χ3n) is 1.95. The molecule has 0 aliphatic heterocycles. The van der Waals surface area contributed by atoms with Crippen LogP contribution in [0, 0.1) is 11.3 Å². The van der Waals surface area contributed by atoms with Gasteiger partial charge in [0.05, 0.1) is 0 Å². The molecule has 0 unspecified atom stereocenters. The molecule has 82 valence electrons. The number of benzene rings is 1. The molecule has 1 aromatic carbocycles. The summed E-state index contributed by atoms with van der Waals surface area (Å²) in [6, 6.07) is 8.84. The SMILES string of the molecule is CCNc1ccc(C=C(C#N)C(=O)O)cc1. The van der Waals surface area contributed by atoms with Crippen molar-refractivity contribution in [3.8, 4) is 6.07 Å². The summed E-state index contributed by atoms with van der Waals surface area (Å²) >= 11 is 0. The molecular weight excluding hydrogens is 204 g/mol. The number of nitrogens with one attached hydrogen (secondary N) is 1. The second-order valence-electron chi connectivity index (χ2n) is 3.13. The molecule has 0 heterocycles. The van der Waals surface area contributed by atoms with E-state index in [0.29, 0.717) is 5.56 Å². The fraction of sp³-hybridized carbons (Fsp3) is 0.167. The van der Waals surface area contributed by atoms with Crippen LogP contribution in [-0.4, -0.2) is 17.6 Å². The van der Waals surface area contributed by atoms with Crippen LogP contribution in [-0.2, 0) is 4.79 Å². The molecule has 4 heteroatoms. The van der Waals surface area contributed by atoms with E-state index in [-0.39, 0.29) is 5.57 Å². The van der Waals surface area contributed by atoms with Crippen molar-refractivity contribution in [3.05, 3.63) is 35.4 Å². The molecule has 16 heavy (non-hydrogen) atoms. The molecule has 0 radical (unpaired) electrons. The molecule has 0 atom stereocenters. The lowest BCUT2D eigenvalue weighted by molar-refractivity contribution is -0.132. The van der Waals surface area contributed by atoms with Gasteiger partial charge in [-0.25, -0.2) is 4.79 Å². The highest BCUT2D eigenvalue weighted by Gasteiger charge is 2.05. The predicted molar refractivity (Wildman–Crippen MR) is 61.8 cm³/mol. The Labute approximate surface area is 93.8 Å². The van der Waals surface area contributed by atoms with Crippen molar-refractivity contribution >= 4 is 17.7 Å². The highest BCUT2D eigenvalue weighted by Crippen LogP contribution is 2.12. The molecule has 0 saturated carbocycles. The van der Waals surface area contributed by atoms with Crippen LogP contribution in [0.15, 0.2) is 29.8 Å². The first-order valence-corrected chi connectivity index (χ1v) is 4.86. The molecule has 0 spiro atoms. The van der Waals surface area contributed by atoms with Gasteiger partial charge in [-0.2, -0.15) is 5.26 Å². The maximum absolute atomic E-state index is 10.6. The van der Waals surface area contributed by atoms with Gasteiger partial charge in [0.25, 0.3) is 0 Å². The number of nitrogens with zero attached hydrogens (tertiary/aromatic N) is 1. The van der Waals surface area contributed by atoms with Gasteiger partial charge in [0.15, 0.2) is 0 Å². The maximum atomic E-state index is 10.6. The van der Waals surface area contributed by atoms with Crippen LogP contribution in [0.5, 0.6) is 0 Å². The molecule has 4 nitrogen and oxygen atoms in total. The zero-order valence-corrected chi connectivity index (χ0v) is 8.90. The van der Waals surface area contributed by atoms with Crippen LogP contribution in [0.3, 0.4) is 0 Å². The zero-order valence-electron chi connectivity index (χ0n) is 8.90. The number of aliphatic carboxylic acids is 1. The summed E-state index contributed by atoms with van der Waals surface area (Å²) < 4.78 is 0. The van der Waals surface area contributed by atoms with Gasteiger partial charge in [0.1, 0.15) is 11.6 Å². The van der Waals surface area contributed by atoms with Crippen LogP contribution >= 0.6 is 0 Å². The molecule has 1 rings (SSSR count). The van der Waals surface area contributed by atoms with Gasteiger partial charge >= 0.3 is 5.97 Å². The summed E-state index contributed by atoms with van der Waals surface area (Å²) in [6.45, 7) is 2.82. The lowest BCUT2D eigenvalue weighted by Gasteiger charge is -2.02. The van der Waals surface area contributed by atoms with Crippen molar-refractivity contribution in [3.63, 3.8) is 0 Å². The number of anilines is 1. The van der Waals surface area contributed by atoms with E-state index < -0.39 is 5.97 Å². The summed E-state index contributed by atoms with van der Waals surface area (Å²) in [4.78, 5) is 10.6. The quantitative estimate of drug-likeness (QED) is 0.597. The van der Waals surface area contributed by atoms with Crippen LogP contribution < -0.4 is 5.32 Å². The molecule has 0 fully saturated rings. The van der Waals surface area contributed by atoms with E-state index in [1.807, 2.05) is 19.1 Å². The third kappa shape index (κ3) is 3.14. The number of carbonyl (C=O) groups is 1. The van der Waals surface area contributed by atoms with E-state index in [2.05, 4.69) is 5.32 Å². The zero-order chi connectivity index (χ0) is 12.0. The van der Waals surface area contributed by atoms with Gasteiger partial charge in [-0.1, -0.05) is 12.1 Å². The average Bonchev–Trinajstić information content (AvgIpc) is 2.28. The van der Waals surface area contributed by atoms with Crippen molar-refractivity contribution in [2.45, 2.75) is 6.92 Å². The van der Waals surface area contributed by atoms with Crippen LogP contribution in [0.25, 0.3) is 6.08 Å². The second kappa shape index (κ2) is 5.56. The Morgan fingerprint density at radius 1 is 1.50 bits per heavy atom.